The molecule has 1 aliphatic carbocycles. The lowest BCUT2D eigenvalue weighted by molar-refractivity contribution is 0.662. The maximum atomic E-state index is 6.29. The predicted molar refractivity (Wildman–Crippen MR) is 300 cm³/mol. The summed E-state index contributed by atoms with van der Waals surface area (Å²) >= 11 is 0. The van der Waals surface area contributed by atoms with E-state index in [4.69, 9.17) is 8.83 Å². The van der Waals surface area contributed by atoms with Crippen molar-refractivity contribution in [2.75, 3.05) is 4.90 Å². The summed E-state index contributed by atoms with van der Waals surface area (Å²) < 4.78 is 12.6. The molecule has 0 aliphatic heterocycles. The van der Waals surface area contributed by atoms with E-state index in [0.29, 0.717) is 0 Å². The number of fused-ring (bicyclic) bond motifs is 9. The van der Waals surface area contributed by atoms with Crippen LogP contribution in [0, 0.1) is 0 Å². The van der Waals surface area contributed by atoms with Crippen molar-refractivity contribution in [1.82, 2.24) is 0 Å². The van der Waals surface area contributed by atoms with Crippen molar-refractivity contribution in [3.05, 3.63) is 260 Å². The van der Waals surface area contributed by atoms with E-state index >= 15 is 0 Å². The Hall–Kier alpha value is -9.18. The molecule has 13 aromatic rings. The second kappa shape index (κ2) is 16.5. The quantitative estimate of drug-likeness (QED) is 0.152. The summed E-state index contributed by atoms with van der Waals surface area (Å²) in [6.07, 6.45) is 0. The Balaban J connectivity index is 0.865. The fourth-order valence-corrected chi connectivity index (χ4v) is 11.7. The van der Waals surface area contributed by atoms with Gasteiger partial charge in [0.05, 0.1) is 0 Å². The Morgan fingerprint density at radius 1 is 0.292 bits per heavy atom. The van der Waals surface area contributed by atoms with Crippen LogP contribution in [0.1, 0.15) is 25.0 Å². The third-order valence-electron chi connectivity index (χ3n) is 15.1. The Morgan fingerprint density at radius 2 is 0.694 bits per heavy atom. The molecule has 3 nitrogen and oxygen atoms in total. The van der Waals surface area contributed by atoms with Crippen LogP contribution in [0.4, 0.5) is 17.1 Å². The largest absolute Gasteiger partial charge is 0.456 e. The molecule has 0 saturated heterocycles. The van der Waals surface area contributed by atoms with Crippen molar-refractivity contribution in [3.63, 3.8) is 0 Å². The van der Waals surface area contributed by atoms with Gasteiger partial charge in [-0.05, 0) is 157 Å². The lowest BCUT2D eigenvalue weighted by Crippen LogP contribution is -2.16. The average Bonchev–Trinajstić information content (AvgIpc) is 4.09. The van der Waals surface area contributed by atoms with Gasteiger partial charge in [-0.25, -0.2) is 0 Å². The van der Waals surface area contributed by atoms with Gasteiger partial charge in [-0.1, -0.05) is 184 Å². The molecular formula is C69H47NO2. The molecule has 0 amide bonds. The smallest absolute Gasteiger partial charge is 0.136 e. The minimum absolute atomic E-state index is 0.184. The Kier molecular flexibility index (Phi) is 9.56. The molecule has 0 unspecified atom stereocenters. The summed E-state index contributed by atoms with van der Waals surface area (Å²) in [4.78, 5) is 2.36. The van der Waals surface area contributed by atoms with E-state index in [1.54, 1.807) is 0 Å². The van der Waals surface area contributed by atoms with Gasteiger partial charge in [-0.3, -0.25) is 0 Å². The Labute approximate surface area is 418 Å². The van der Waals surface area contributed by atoms with Crippen molar-refractivity contribution in [3.8, 4) is 66.8 Å². The molecule has 2 heterocycles. The fourth-order valence-electron chi connectivity index (χ4n) is 11.7. The van der Waals surface area contributed by atoms with Crippen LogP contribution in [0.5, 0.6) is 0 Å². The summed E-state index contributed by atoms with van der Waals surface area (Å²) in [5, 5.41) is 4.52. The van der Waals surface area contributed by atoms with Crippen LogP contribution in [0.25, 0.3) is 111 Å². The van der Waals surface area contributed by atoms with E-state index in [9.17, 15) is 0 Å². The third kappa shape index (κ3) is 6.73. The molecule has 340 valence electrons. The zero-order valence-electron chi connectivity index (χ0n) is 39.9. The number of benzene rings is 11. The molecule has 0 spiro atoms. The highest BCUT2D eigenvalue weighted by Crippen LogP contribution is 2.54. The summed E-state index contributed by atoms with van der Waals surface area (Å²) in [7, 11) is 0. The van der Waals surface area contributed by atoms with Crippen LogP contribution >= 0.6 is 0 Å². The van der Waals surface area contributed by atoms with Gasteiger partial charge >= 0.3 is 0 Å². The number of anilines is 3. The zero-order chi connectivity index (χ0) is 47.9. The molecule has 11 aromatic carbocycles. The van der Waals surface area contributed by atoms with Gasteiger partial charge in [0, 0.05) is 44.0 Å². The zero-order valence-corrected chi connectivity index (χ0v) is 39.9. The van der Waals surface area contributed by atoms with E-state index in [1.165, 1.54) is 55.6 Å². The lowest BCUT2D eigenvalue weighted by Gasteiger charge is -2.26. The molecule has 1 aliphatic rings. The van der Waals surface area contributed by atoms with Crippen LogP contribution in [-0.4, -0.2) is 0 Å². The molecule has 3 heteroatoms. The highest BCUT2D eigenvalue weighted by atomic mass is 16.3. The number of rotatable bonds is 8. The van der Waals surface area contributed by atoms with Crippen LogP contribution in [0.2, 0.25) is 0 Å². The molecule has 0 N–H and O–H groups in total. The van der Waals surface area contributed by atoms with Crippen LogP contribution in [0.15, 0.2) is 258 Å². The molecule has 0 radical (unpaired) electrons. The molecule has 0 saturated carbocycles. The van der Waals surface area contributed by atoms with Gasteiger partial charge in [0.15, 0.2) is 0 Å². The minimum atomic E-state index is -0.184. The van der Waals surface area contributed by atoms with Crippen molar-refractivity contribution in [2.45, 2.75) is 19.3 Å². The molecule has 0 fully saturated rings. The van der Waals surface area contributed by atoms with E-state index < -0.39 is 0 Å². The van der Waals surface area contributed by atoms with Gasteiger partial charge < -0.3 is 13.7 Å². The molecule has 72 heavy (non-hydrogen) atoms. The SMILES string of the molecule is CC1(C)c2ccc(-c3ccc(N(c4ccc(-c5cccc6oc7ccccc7c56)cc4)c4ccc(-c5cccc6oc7ccccc7c56)cc4)cc3)cc2-c2cc(-c3ccccc3)cc(-c3ccccc3)c21. The first kappa shape index (κ1) is 41.8. The standard InChI is InChI=1S/C69H47NO2/c1-69(2)61-40-33-49(41-59(61)60-43-50(44-15-5-3-6-16-44)42-58(68(60)69)46-17-7-4-8-18-46)45-27-34-51(35-28-45)70(52-36-29-47(30-37-52)54-21-13-25-64-66(54)56-19-9-11-23-62(56)71-64)53-38-31-48(32-39-53)55-22-14-26-65-67(55)57-20-10-12-24-63(57)72-65/h3-43H,1-2H3. The fraction of sp³-hybridized carbons (Fsp3) is 0.0435. The van der Waals surface area contributed by atoms with Crippen molar-refractivity contribution >= 4 is 60.9 Å². The Morgan fingerprint density at radius 3 is 1.24 bits per heavy atom. The highest BCUT2D eigenvalue weighted by molar-refractivity contribution is 6.13. The van der Waals surface area contributed by atoms with Gasteiger partial charge in [-0.2, -0.15) is 0 Å². The minimum Gasteiger partial charge on any atom is -0.456 e. The number of hydrogen-bond acceptors (Lipinski definition) is 3. The second-order valence-electron chi connectivity index (χ2n) is 19.6. The van der Waals surface area contributed by atoms with Crippen molar-refractivity contribution < 1.29 is 8.83 Å². The third-order valence-corrected chi connectivity index (χ3v) is 15.1. The van der Waals surface area contributed by atoms with Crippen LogP contribution in [-0.2, 0) is 5.41 Å². The summed E-state index contributed by atoms with van der Waals surface area (Å²) in [5.74, 6) is 0. The number of para-hydroxylation sites is 2. The number of nitrogens with zero attached hydrogens (tertiary/aromatic N) is 1. The van der Waals surface area contributed by atoms with E-state index in [-0.39, 0.29) is 5.41 Å². The number of hydrogen-bond donors (Lipinski definition) is 0. The summed E-state index contributed by atoms with van der Waals surface area (Å²) in [6, 6.07) is 89.9. The van der Waals surface area contributed by atoms with Gasteiger partial charge in [0.1, 0.15) is 22.3 Å². The normalized spacial score (nSPS) is 12.7. The number of furan rings is 2. The maximum Gasteiger partial charge on any atom is 0.136 e. The van der Waals surface area contributed by atoms with Crippen LogP contribution in [0.3, 0.4) is 0 Å². The molecule has 0 atom stereocenters. The first-order valence-electron chi connectivity index (χ1n) is 24.8. The van der Waals surface area contributed by atoms with E-state index in [2.05, 4.69) is 243 Å². The summed E-state index contributed by atoms with van der Waals surface area (Å²) in [5.41, 5.74) is 23.8. The monoisotopic (exact) mass is 921 g/mol. The van der Waals surface area contributed by atoms with Gasteiger partial charge in [0.25, 0.3) is 0 Å². The summed E-state index contributed by atoms with van der Waals surface area (Å²) in [6.45, 7) is 4.77. The average molecular weight is 922 g/mol. The topological polar surface area (TPSA) is 29.5 Å². The second-order valence-corrected chi connectivity index (χ2v) is 19.6. The first-order valence-corrected chi connectivity index (χ1v) is 24.8. The van der Waals surface area contributed by atoms with Crippen molar-refractivity contribution in [1.29, 1.82) is 0 Å². The van der Waals surface area contributed by atoms with Gasteiger partial charge in [0.2, 0.25) is 0 Å². The maximum absolute atomic E-state index is 6.29. The molecule has 14 rings (SSSR count). The van der Waals surface area contributed by atoms with Crippen molar-refractivity contribution in [2.24, 2.45) is 0 Å². The highest BCUT2D eigenvalue weighted by Gasteiger charge is 2.38. The van der Waals surface area contributed by atoms with E-state index in [0.717, 1.165) is 83.2 Å². The predicted octanol–water partition coefficient (Wildman–Crippen LogP) is 19.6. The van der Waals surface area contributed by atoms with E-state index in [1.807, 2.05) is 24.3 Å². The molecular weight excluding hydrogens is 875 g/mol. The molecule has 2 aromatic heterocycles. The molecule has 0 bridgehead atoms. The lowest BCUT2D eigenvalue weighted by atomic mass is 9.78. The first-order chi connectivity index (χ1) is 35.4. The Bertz CT molecular complexity index is 4040. The van der Waals surface area contributed by atoms with Gasteiger partial charge in [-0.15, -0.1) is 0 Å². The van der Waals surface area contributed by atoms with Crippen LogP contribution < -0.4 is 4.90 Å².